The minimum atomic E-state index is -4.40. The highest BCUT2D eigenvalue weighted by Gasteiger charge is 2.30. The summed E-state index contributed by atoms with van der Waals surface area (Å²) in [5, 5.41) is 11.5. The van der Waals surface area contributed by atoms with Crippen LogP contribution >= 0.6 is 0 Å². The fourth-order valence-corrected chi connectivity index (χ4v) is 2.75. The van der Waals surface area contributed by atoms with E-state index in [4.69, 9.17) is 9.52 Å². The number of carboxylic acid groups (broad SMARTS) is 1. The lowest BCUT2D eigenvalue weighted by Crippen LogP contribution is -2.26. The Hall–Kier alpha value is -2.77. The van der Waals surface area contributed by atoms with E-state index in [2.05, 4.69) is 5.32 Å². The minimum absolute atomic E-state index is 0.0726. The summed E-state index contributed by atoms with van der Waals surface area (Å²) in [4.78, 5) is 23.2. The van der Waals surface area contributed by atoms with Crippen LogP contribution in [0.15, 0.2) is 34.9 Å². The lowest BCUT2D eigenvalue weighted by atomic mass is 9.96. The maximum atomic E-state index is 12.8. The molecule has 1 heterocycles. The Balaban J connectivity index is 1.98. The number of amides is 1. The minimum Gasteiger partial charge on any atom is -0.481 e. The number of alkyl halides is 3. The number of carbonyl (C=O) groups excluding carboxylic acids is 1. The van der Waals surface area contributed by atoms with E-state index < -0.39 is 30.0 Å². The second-order valence-electron chi connectivity index (χ2n) is 6.36. The highest BCUT2D eigenvalue weighted by Crippen LogP contribution is 2.31. The van der Waals surface area contributed by atoms with Crippen molar-refractivity contribution in [2.45, 2.75) is 38.8 Å². The molecule has 27 heavy (non-hydrogen) atoms. The second kappa shape index (κ2) is 8.28. The van der Waals surface area contributed by atoms with Crippen molar-refractivity contribution in [1.82, 2.24) is 5.32 Å². The van der Waals surface area contributed by atoms with E-state index in [9.17, 15) is 22.8 Å². The molecule has 1 atom stereocenters. The Bertz CT molecular complexity index is 827. The summed E-state index contributed by atoms with van der Waals surface area (Å²) in [5.74, 6) is -1.70. The third-order valence-corrected chi connectivity index (χ3v) is 4.24. The van der Waals surface area contributed by atoms with Gasteiger partial charge in [-0.05, 0) is 30.9 Å². The molecule has 0 bridgehead atoms. The molecule has 1 aromatic carbocycles. The molecule has 0 aliphatic rings. The van der Waals surface area contributed by atoms with E-state index in [0.29, 0.717) is 17.5 Å². The smallest absolute Gasteiger partial charge is 0.416 e. The van der Waals surface area contributed by atoms with Crippen LogP contribution in [0.2, 0.25) is 0 Å². The van der Waals surface area contributed by atoms with Crippen molar-refractivity contribution >= 4 is 11.9 Å². The van der Waals surface area contributed by atoms with Gasteiger partial charge in [0.2, 0.25) is 0 Å². The fourth-order valence-electron chi connectivity index (χ4n) is 2.75. The normalized spacial score (nSPS) is 12.6. The summed E-state index contributed by atoms with van der Waals surface area (Å²) in [6, 6.07) is 5.11. The number of halogens is 3. The molecule has 2 aromatic rings. The quantitative estimate of drug-likeness (QED) is 0.753. The van der Waals surface area contributed by atoms with Crippen LogP contribution in [-0.4, -0.2) is 23.5 Å². The maximum Gasteiger partial charge on any atom is 0.416 e. The Morgan fingerprint density at radius 1 is 1.30 bits per heavy atom. The number of aryl methyl sites for hydroxylation is 1. The van der Waals surface area contributed by atoms with Gasteiger partial charge in [0, 0.05) is 12.1 Å². The number of hydrogen-bond acceptors (Lipinski definition) is 3. The van der Waals surface area contributed by atoms with Crippen LogP contribution in [0.5, 0.6) is 0 Å². The average Bonchev–Trinajstić information content (AvgIpc) is 2.93. The molecule has 1 amide bonds. The number of rotatable bonds is 7. The van der Waals surface area contributed by atoms with Gasteiger partial charge in [0.25, 0.3) is 5.91 Å². The van der Waals surface area contributed by atoms with Crippen molar-refractivity contribution in [2.75, 3.05) is 6.54 Å². The topological polar surface area (TPSA) is 79.5 Å². The van der Waals surface area contributed by atoms with E-state index in [1.807, 2.05) is 0 Å². The molecular formula is C19H20F3NO4. The molecule has 2 N–H and O–H groups in total. The second-order valence-corrected chi connectivity index (χ2v) is 6.36. The zero-order valence-corrected chi connectivity index (χ0v) is 14.9. The number of nitrogens with one attached hydrogen (secondary N) is 1. The Morgan fingerprint density at radius 3 is 2.63 bits per heavy atom. The Morgan fingerprint density at radius 2 is 2.00 bits per heavy atom. The van der Waals surface area contributed by atoms with Crippen LogP contribution in [0.4, 0.5) is 13.2 Å². The highest BCUT2D eigenvalue weighted by molar-refractivity contribution is 5.97. The zero-order valence-electron chi connectivity index (χ0n) is 14.9. The van der Waals surface area contributed by atoms with Gasteiger partial charge in [0.05, 0.1) is 17.4 Å². The first-order valence-electron chi connectivity index (χ1n) is 8.33. The number of carboxylic acids is 1. The van der Waals surface area contributed by atoms with Crippen molar-refractivity contribution in [2.24, 2.45) is 0 Å². The molecule has 146 valence electrons. The van der Waals surface area contributed by atoms with Gasteiger partial charge in [-0.3, -0.25) is 9.59 Å². The summed E-state index contributed by atoms with van der Waals surface area (Å²) >= 11 is 0. The third-order valence-electron chi connectivity index (χ3n) is 4.24. The van der Waals surface area contributed by atoms with Crippen molar-refractivity contribution in [3.63, 3.8) is 0 Å². The SMILES string of the molecule is Cc1coc(CC(=O)O)c1C(=O)NCCC(C)c1cccc(C(F)(F)F)c1. The van der Waals surface area contributed by atoms with Crippen molar-refractivity contribution in [3.8, 4) is 0 Å². The molecule has 0 aliphatic carbocycles. The van der Waals surface area contributed by atoms with Gasteiger partial charge < -0.3 is 14.8 Å². The lowest BCUT2D eigenvalue weighted by molar-refractivity contribution is -0.138. The first kappa shape index (κ1) is 20.5. The Kier molecular flexibility index (Phi) is 6.30. The summed E-state index contributed by atoms with van der Waals surface area (Å²) in [5.41, 5.74) is 0.534. The molecular weight excluding hydrogens is 363 g/mol. The standard InChI is InChI=1S/C19H20F3NO4/c1-11(13-4-3-5-14(8-13)19(20,21)22)6-7-23-18(26)17-12(2)10-27-15(17)9-16(24)25/h3-5,8,10-11H,6-7,9H2,1-2H3,(H,23,26)(H,24,25). The molecule has 0 fully saturated rings. The van der Waals surface area contributed by atoms with Crippen LogP contribution in [0.1, 0.15) is 52.1 Å². The van der Waals surface area contributed by atoms with Crippen molar-refractivity contribution in [1.29, 1.82) is 0 Å². The average molecular weight is 383 g/mol. The van der Waals surface area contributed by atoms with Gasteiger partial charge in [-0.15, -0.1) is 0 Å². The van der Waals surface area contributed by atoms with Crippen LogP contribution < -0.4 is 5.32 Å². The molecule has 0 spiro atoms. The summed E-state index contributed by atoms with van der Waals surface area (Å²) in [6.45, 7) is 3.64. The van der Waals surface area contributed by atoms with Gasteiger partial charge in [-0.1, -0.05) is 25.1 Å². The van der Waals surface area contributed by atoms with Gasteiger partial charge in [-0.25, -0.2) is 0 Å². The van der Waals surface area contributed by atoms with Crippen LogP contribution in [0.3, 0.4) is 0 Å². The number of carbonyl (C=O) groups is 2. The summed E-state index contributed by atoms with van der Waals surface area (Å²) in [7, 11) is 0. The molecule has 0 radical (unpaired) electrons. The van der Waals surface area contributed by atoms with Gasteiger partial charge >= 0.3 is 12.1 Å². The first-order chi connectivity index (χ1) is 12.6. The van der Waals surface area contributed by atoms with Crippen LogP contribution in [0.25, 0.3) is 0 Å². The van der Waals surface area contributed by atoms with Gasteiger partial charge in [-0.2, -0.15) is 13.2 Å². The molecule has 5 nitrogen and oxygen atoms in total. The molecule has 0 saturated carbocycles. The molecule has 1 unspecified atom stereocenters. The zero-order chi connectivity index (χ0) is 20.2. The highest BCUT2D eigenvalue weighted by atomic mass is 19.4. The number of aliphatic carboxylic acids is 1. The van der Waals surface area contributed by atoms with E-state index in [-0.39, 0.29) is 23.8 Å². The monoisotopic (exact) mass is 383 g/mol. The summed E-state index contributed by atoms with van der Waals surface area (Å²) in [6.07, 6.45) is -3.06. The molecule has 8 heteroatoms. The van der Waals surface area contributed by atoms with E-state index in [0.717, 1.165) is 12.1 Å². The first-order valence-corrected chi connectivity index (χ1v) is 8.33. The van der Waals surface area contributed by atoms with Crippen LogP contribution in [-0.2, 0) is 17.4 Å². The predicted molar refractivity (Wildman–Crippen MR) is 91.6 cm³/mol. The molecule has 0 saturated heterocycles. The predicted octanol–water partition coefficient (Wildman–Crippen LogP) is 4.16. The number of benzene rings is 1. The van der Waals surface area contributed by atoms with E-state index in [1.165, 1.54) is 12.3 Å². The van der Waals surface area contributed by atoms with Crippen LogP contribution in [0, 0.1) is 6.92 Å². The van der Waals surface area contributed by atoms with Crippen molar-refractivity contribution < 1.29 is 32.3 Å². The lowest BCUT2D eigenvalue weighted by Gasteiger charge is -2.15. The van der Waals surface area contributed by atoms with E-state index in [1.54, 1.807) is 19.9 Å². The summed E-state index contributed by atoms with van der Waals surface area (Å²) < 4.78 is 43.5. The number of hydrogen-bond donors (Lipinski definition) is 2. The third kappa shape index (κ3) is 5.35. The molecule has 2 rings (SSSR count). The number of furan rings is 1. The Labute approximate surface area is 154 Å². The van der Waals surface area contributed by atoms with Crippen molar-refractivity contribution in [3.05, 3.63) is 58.5 Å². The largest absolute Gasteiger partial charge is 0.481 e. The molecule has 1 aromatic heterocycles. The molecule has 0 aliphatic heterocycles. The maximum absolute atomic E-state index is 12.8. The fraction of sp³-hybridized carbons (Fsp3) is 0.368. The van der Waals surface area contributed by atoms with Gasteiger partial charge in [0.15, 0.2) is 0 Å². The van der Waals surface area contributed by atoms with Gasteiger partial charge in [0.1, 0.15) is 12.2 Å². The van der Waals surface area contributed by atoms with E-state index >= 15 is 0 Å².